The molecule has 0 aromatic carbocycles. The van der Waals surface area contributed by atoms with E-state index in [1.807, 2.05) is 6.92 Å². The second kappa shape index (κ2) is 53.6. The largest absolute Gasteiger partial charge is 0.466 e. The maximum atomic E-state index is 12.8. The van der Waals surface area contributed by atoms with E-state index in [1.165, 1.54) is 205 Å². The minimum atomic E-state index is -0.215. The summed E-state index contributed by atoms with van der Waals surface area (Å²) in [4.78, 5) is 45.2. The number of carbonyl (C=O) groups excluding carboxylic acids is 3. The lowest BCUT2D eigenvalue weighted by molar-refractivity contribution is -0.145. The lowest BCUT2D eigenvalue weighted by Gasteiger charge is -2.22. The quantitative estimate of drug-likeness (QED) is 0.0336. The predicted octanol–water partition coefficient (Wildman–Crippen LogP) is 15.4. The Morgan fingerprint density at radius 3 is 0.806 bits per heavy atom. The minimum Gasteiger partial charge on any atom is -0.466 e. The van der Waals surface area contributed by atoms with Gasteiger partial charge in [0.1, 0.15) is 0 Å². The number of hydrogen-bond acceptors (Lipinski definition) is 9. The molecule has 0 aliphatic carbocycles. The van der Waals surface area contributed by atoms with Crippen molar-refractivity contribution in [3.8, 4) is 0 Å². The van der Waals surface area contributed by atoms with Crippen LogP contribution in [0.1, 0.15) is 279 Å². The van der Waals surface area contributed by atoms with Crippen LogP contribution in [0.5, 0.6) is 0 Å². The SMILES string of the molecule is CCCCCCCCCCN(CCCCCCCCCC)CCC(=O)OCCCCN(CCCCOC(=O)CCN(CCCCCCCCCC)CCCCCCCCCC)CC(=O)OCC. The summed E-state index contributed by atoms with van der Waals surface area (Å²) in [6.07, 6.45) is 46.3. The van der Waals surface area contributed by atoms with Gasteiger partial charge in [-0.1, -0.05) is 207 Å². The Kier molecular flexibility index (Phi) is 52.3. The van der Waals surface area contributed by atoms with Crippen LogP contribution in [0.15, 0.2) is 0 Å². The van der Waals surface area contributed by atoms with E-state index < -0.39 is 0 Å². The van der Waals surface area contributed by atoms with Gasteiger partial charge < -0.3 is 24.0 Å². The summed E-state index contributed by atoms with van der Waals surface area (Å²) < 4.78 is 16.7. The number of rotatable bonds is 55. The molecule has 0 aliphatic rings. The van der Waals surface area contributed by atoms with Crippen LogP contribution >= 0.6 is 0 Å². The van der Waals surface area contributed by atoms with E-state index in [9.17, 15) is 14.4 Å². The van der Waals surface area contributed by atoms with Gasteiger partial charge in [-0.15, -0.1) is 0 Å². The van der Waals surface area contributed by atoms with Gasteiger partial charge in [-0.3, -0.25) is 19.3 Å². The fraction of sp³-hybridized carbons (Fsp3) is 0.948. The van der Waals surface area contributed by atoms with Crippen molar-refractivity contribution < 1.29 is 28.6 Å². The third-order valence-electron chi connectivity index (χ3n) is 13.5. The maximum absolute atomic E-state index is 12.8. The Labute approximate surface area is 417 Å². The van der Waals surface area contributed by atoms with Crippen molar-refractivity contribution >= 4 is 17.9 Å². The Morgan fingerprint density at radius 2 is 0.522 bits per heavy atom. The van der Waals surface area contributed by atoms with Gasteiger partial charge in [0.15, 0.2) is 0 Å². The van der Waals surface area contributed by atoms with Crippen molar-refractivity contribution in [2.24, 2.45) is 0 Å². The molecule has 0 heterocycles. The zero-order valence-corrected chi connectivity index (χ0v) is 45.6. The van der Waals surface area contributed by atoms with Crippen LogP contribution in [0.4, 0.5) is 0 Å². The van der Waals surface area contributed by atoms with Crippen molar-refractivity contribution in [2.45, 2.75) is 279 Å². The number of unbranched alkanes of at least 4 members (excludes halogenated alkanes) is 30. The Morgan fingerprint density at radius 1 is 0.269 bits per heavy atom. The van der Waals surface area contributed by atoms with Gasteiger partial charge in [-0.25, -0.2) is 0 Å². The van der Waals surface area contributed by atoms with Crippen LogP contribution in [0.25, 0.3) is 0 Å². The van der Waals surface area contributed by atoms with Crippen LogP contribution in [0.3, 0.4) is 0 Å². The van der Waals surface area contributed by atoms with Gasteiger partial charge >= 0.3 is 17.9 Å². The van der Waals surface area contributed by atoms with Crippen LogP contribution in [-0.2, 0) is 28.6 Å². The van der Waals surface area contributed by atoms with Gasteiger partial charge in [0.05, 0.1) is 39.2 Å². The summed E-state index contributed by atoms with van der Waals surface area (Å²) >= 11 is 0. The molecule has 9 heteroatoms. The first kappa shape index (κ1) is 65.3. The highest BCUT2D eigenvalue weighted by Crippen LogP contribution is 2.14. The van der Waals surface area contributed by atoms with Crippen LogP contribution < -0.4 is 0 Å². The highest BCUT2D eigenvalue weighted by Gasteiger charge is 2.14. The first-order valence-electron chi connectivity index (χ1n) is 29.5. The Bertz CT molecular complexity index is 936. The lowest BCUT2D eigenvalue weighted by atomic mass is 10.1. The molecule has 0 atom stereocenters. The van der Waals surface area contributed by atoms with Gasteiger partial charge in [-0.05, 0) is 97.6 Å². The fourth-order valence-corrected chi connectivity index (χ4v) is 9.10. The summed E-state index contributed by atoms with van der Waals surface area (Å²) in [7, 11) is 0. The monoisotopic (exact) mass is 950 g/mol. The molecule has 398 valence electrons. The van der Waals surface area contributed by atoms with Crippen LogP contribution in [-0.4, -0.2) is 111 Å². The standard InChI is InChI=1S/C58H115N3O6/c1-6-11-15-19-23-27-31-35-45-59(46-36-32-28-24-20-16-12-7-2)51-43-56(62)66-53-41-39-49-61(55-58(64)65-10-5)50-40-42-54-67-57(63)44-52-60(47-37-33-29-25-21-17-13-8-3)48-38-34-30-26-22-18-14-9-4/h6-55H2,1-5H3. The molecule has 67 heavy (non-hydrogen) atoms. The van der Waals surface area contributed by atoms with Gasteiger partial charge in [-0.2, -0.15) is 0 Å². The average molecular weight is 951 g/mol. The summed E-state index contributed by atoms with van der Waals surface area (Å²) in [6.45, 7) is 19.7. The number of ether oxygens (including phenoxy) is 3. The van der Waals surface area contributed by atoms with Crippen molar-refractivity contribution in [1.82, 2.24) is 14.7 Å². The molecular formula is C58H115N3O6. The molecule has 0 aliphatic heterocycles. The molecule has 0 rings (SSSR count). The lowest BCUT2D eigenvalue weighted by Crippen LogP contribution is -2.33. The summed E-state index contributed by atoms with van der Waals surface area (Å²) in [5.41, 5.74) is 0. The van der Waals surface area contributed by atoms with E-state index in [0.29, 0.717) is 32.7 Å². The molecule has 0 fully saturated rings. The second-order valence-corrected chi connectivity index (χ2v) is 20.0. The third kappa shape index (κ3) is 49.1. The highest BCUT2D eigenvalue weighted by atomic mass is 16.5. The van der Waals surface area contributed by atoms with E-state index in [-0.39, 0.29) is 24.5 Å². The third-order valence-corrected chi connectivity index (χ3v) is 13.5. The van der Waals surface area contributed by atoms with E-state index >= 15 is 0 Å². The van der Waals surface area contributed by atoms with E-state index in [0.717, 1.165) is 78.0 Å². The zero-order valence-electron chi connectivity index (χ0n) is 45.6. The molecule has 0 spiro atoms. The molecule has 0 aromatic heterocycles. The zero-order chi connectivity index (χ0) is 48.9. The van der Waals surface area contributed by atoms with Crippen LogP contribution in [0, 0.1) is 0 Å². The molecule has 0 radical (unpaired) electrons. The fourth-order valence-electron chi connectivity index (χ4n) is 9.10. The number of hydrogen-bond donors (Lipinski definition) is 0. The first-order valence-corrected chi connectivity index (χ1v) is 29.5. The molecule has 0 bridgehead atoms. The topological polar surface area (TPSA) is 88.6 Å². The van der Waals surface area contributed by atoms with Gasteiger partial charge in [0, 0.05) is 13.1 Å². The summed E-state index contributed by atoms with van der Waals surface area (Å²) in [5.74, 6) is -0.420. The van der Waals surface area contributed by atoms with Crippen molar-refractivity contribution in [3.63, 3.8) is 0 Å². The molecule has 0 saturated heterocycles. The summed E-state index contributed by atoms with van der Waals surface area (Å²) in [5, 5.41) is 0. The normalized spacial score (nSPS) is 11.6. The highest BCUT2D eigenvalue weighted by molar-refractivity contribution is 5.71. The Balaban J connectivity index is 4.66. The summed E-state index contributed by atoms with van der Waals surface area (Å²) in [6, 6.07) is 0. The molecule has 0 aromatic rings. The van der Waals surface area contributed by atoms with Gasteiger partial charge in [0.25, 0.3) is 0 Å². The maximum Gasteiger partial charge on any atom is 0.320 e. The van der Waals surface area contributed by atoms with E-state index in [4.69, 9.17) is 14.2 Å². The van der Waals surface area contributed by atoms with E-state index in [1.54, 1.807) is 0 Å². The van der Waals surface area contributed by atoms with Crippen molar-refractivity contribution in [1.29, 1.82) is 0 Å². The molecule has 0 N–H and O–H groups in total. The van der Waals surface area contributed by atoms with E-state index in [2.05, 4.69) is 42.4 Å². The van der Waals surface area contributed by atoms with Gasteiger partial charge in [0.2, 0.25) is 0 Å². The van der Waals surface area contributed by atoms with Crippen molar-refractivity contribution in [3.05, 3.63) is 0 Å². The number of carbonyl (C=O) groups is 3. The number of esters is 3. The first-order chi connectivity index (χ1) is 32.9. The Hall–Kier alpha value is -1.71. The van der Waals surface area contributed by atoms with Crippen molar-refractivity contribution in [2.75, 3.05) is 78.7 Å². The molecule has 0 saturated carbocycles. The average Bonchev–Trinajstić information content (AvgIpc) is 3.32. The molecule has 0 amide bonds. The molecular weight excluding hydrogens is 835 g/mol. The molecule has 0 unspecified atom stereocenters. The predicted molar refractivity (Wildman–Crippen MR) is 286 cm³/mol. The second-order valence-electron chi connectivity index (χ2n) is 20.0. The minimum absolute atomic E-state index is 0.102. The number of nitrogens with zero attached hydrogens (tertiary/aromatic N) is 3. The smallest absolute Gasteiger partial charge is 0.320 e. The van der Waals surface area contributed by atoms with Crippen LogP contribution in [0.2, 0.25) is 0 Å². The molecule has 9 nitrogen and oxygen atoms in total.